The number of rotatable bonds is 6. The number of aromatic nitrogens is 1. The number of hydrogen-bond donors (Lipinski definition) is 1. The number of nitrogens with zero attached hydrogens (tertiary/aromatic N) is 1. The van der Waals surface area contributed by atoms with E-state index in [9.17, 15) is 0 Å². The standard InChI is InChI=1S/C16H22N2O/c1-12(2)19-9-8-17-11-14-10-13(3)18-16-7-5-4-6-15(14)16/h4-7,10,12,17H,8-9,11H2,1-3H3. The maximum absolute atomic E-state index is 5.52. The van der Waals surface area contributed by atoms with E-state index < -0.39 is 0 Å². The molecule has 2 rings (SSSR count). The van der Waals surface area contributed by atoms with Crippen molar-refractivity contribution in [2.45, 2.75) is 33.4 Å². The Morgan fingerprint density at radius 2 is 2.05 bits per heavy atom. The second-order valence-corrected chi connectivity index (χ2v) is 5.04. The SMILES string of the molecule is Cc1cc(CNCCOC(C)C)c2ccccc2n1. The van der Waals surface area contributed by atoms with Crippen molar-refractivity contribution < 1.29 is 4.74 Å². The maximum Gasteiger partial charge on any atom is 0.0708 e. The molecule has 0 aliphatic rings. The first-order chi connectivity index (χ1) is 9.16. The molecule has 3 nitrogen and oxygen atoms in total. The van der Waals surface area contributed by atoms with Crippen LogP contribution in [0.25, 0.3) is 10.9 Å². The minimum absolute atomic E-state index is 0.297. The molecule has 0 unspecified atom stereocenters. The van der Waals surface area contributed by atoms with Crippen LogP contribution < -0.4 is 5.32 Å². The first-order valence-corrected chi connectivity index (χ1v) is 6.84. The van der Waals surface area contributed by atoms with Gasteiger partial charge in [-0.05, 0) is 38.5 Å². The van der Waals surface area contributed by atoms with Gasteiger partial charge in [-0.1, -0.05) is 18.2 Å². The Kier molecular flexibility index (Phi) is 4.88. The Morgan fingerprint density at radius 1 is 1.26 bits per heavy atom. The van der Waals surface area contributed by atoms with Crippen LogP contribution in [-0.2, 0) is 11.3 Å². The Morgan fingerprint density at radius 3 is 2.84 bits per heavy atom. The summed E-state index contributed by atoms with van der Waals surface area (Å²) >= 11 is 0. The van der Waals surface area contributed by atoms with E-state index in [4.69, 9.17) is 4.74 Å². The summed E-state index contributed by atoms with van der Waals surface area (Å²) in [5.41, 5.74) is 3.43. The van der Waals surface area contributed by atoms with Crippen LogP contribution in [0.5, 0.6) is 0 Å². The number of fused-ring (bicyclic) bond motifs is 1. The Hall–Kier alpha value is -1.45. The van der Waals surface area contributed by atoms with Crippen molar-refractivity contribution in [1.82, 2.24) is 10.3 Å². The van der Waals surface area contributed by atoms with E-state index in [-0.39, 0.29) is 0 Å². The third kappa shape index (κ3) is 4.01. The smallest absolute Gasteiger partial charge is 0.0708 e. The van der Waals surface area contributed by atoms with Gasteiger partial charge in [0.15, 0.2) is 0 Å². The topological polar surface area (TPSA) is 34.1 Å². The van der Waals surface area contributed by atoms with Gasteiger partial charge in [0.2, 0.25) is 0 Å². The Bertz CT molecular complexity index is 537. The third-order valence-corrected chi connectivity index (χ3v) is 2.98. The maximum atomic E-state index is 5.52. The van der Waals surface area contributed by atoms with Gasteiger partial charge in [-0.3, -0.25) is 4.98 Å². The summed E-state index contributed by atoms with van der Waals surface area (Å²) in [5.74, 6) is 0. The predicted octanol–water partition coefficient (Wildman–Crippen LogP) is 3.06. The number of aryl methyl sites for hydroxylation is 1. The molecule has 0 fully saturated rings. The molecule has 102 valence electrons. The average Bonchev–Trinajstić information content (AvgIpc) is 2.37. The Balaban J connectivity index is 2.00. The van der Waals surface area contributed by atoms with Crippen LogP contribution in [0.15, 0.2) is 30.3 Å². The largest absolute Gasteiger partial charge is 0.377 e. The molecule has 0 amide bonds. The number of pyridine rings is 1. The fourth-order valence-electron chi connectivity index (χ4n) is 2.13. The molecule has 0 bridgehead atoms. The molecule has 0 aliphatic heterocycles. The van der Waals surface area contributed by atoms with Gasteiger partial charge < -0.3 is 10.1 Å². The molecular formula is C16H22N2O. The molecule has 1 aromatic heterocycles. The summed E-state index contributed by atoms with van der Waals surface area (Å²) in [6.45, 7) is 8.62. The van der Waals surface area contributed by atoms with Crippen molar-refractivity contribution in [3.63, 3.8) is 0 Å². The van der Waals surface area contributed by atoms with Gasteiger partial charge in [0.05, 0.1) is 18.2 Å². The first kappa shape index (κ1) is 14.0. The van der Waals surface area contributed by atoms with Gasteiger partial charge in [0, 0.05) is 24.2 Å². The average molecular weight is 258 g/mol. The predicted molar refractivity (Wildman–Crippen MR) is 79.3 cm³/mol. The lowest BCUT2D eigenvalue weighted by molar-refractivity contribution is 0.0807. The van der Waals surface area contributed by atoms with Crippen molar-refractivity contribution in [3.05, 3.63) is 41.6 Å². The van der Waals surface area contributed by atoms with Crippen LogP contribution in [0.1, 0.15) is 25.1 Å². The van der Waals surface area contributed by atoms with E-state index in [0.29, 0.717) is 6.10 Å². The minimum Gasteiger partial charge on any atom is -0.377 e. The minimum atomic E-state index is 0.297. The molecule has 0 aliphatic carbocycles. The molecule has 0 radical (unpaired) electrons. The summed E-state index contributed by atoms with van der Waals surface area (Å²) in [7, 11) is 0. The van der Waals surface area contributed by atoms with Gasteiger partial charge >= 0.3 is 0 Å². The normalized spacial score (nSPS) is 11.4. The molecule has 2 aromatic rings. The van der Waals surface area contributed by atoms with E-state index in [1.807, 2.05) is 13.0 Å². The molecule has 1 N–H and O–H groups in total. The number of benzene rings is 1. The summed E-state index contributed by atoms with van der Waals surface area (Å²) in [6, 6.07) is 10.4. The van der Waals surface area contributed by atoms with Crippen LogP contribution in [0, 0.1) is 6.92 Å². The van der Waals surface area contributed by atoms with Crippen molar-refractivity contribution in [3.8, 4) is 0 Å². The van der Waals surface area contributed by atoms with Gasteiger partial charge in [0.1, 0.15) is 0 Å². The molecule has 3 heteroatoms. The van der Waals surface area contributed by atoms with E-state index in [1.54, 1.807) is 0 Å². The lowest BCUT2D eigenvalue weighted by Gasteiger charge is -2.10. The highest BCUT2D eigenvalue weighted by Crippen LogP contribution is 2.17. The molecule has 0 saturated heterocycles. The molecule has 1 heterocycles. The van der Waals surface area contributed by atoms with E-state index in [1.165, 1.54) is 10.9 Å². The summed E-state index contributed by atoms with van der Waals surface area (Å²) in [5, 5.41) is 4.65. The van der Waals surface area contributed by atoms with E-state index in [2.05, 4.69) is 48.4 Å². The fraction of sp³-hybridized carbons (Fsp3) is 0.438. The number of ether oxygens (including phenoxy) is 1. The lowest BCUT2D eigenvalue weighted by Crippen LogP contribution is -2.21. The highest BCUT2D eigenvalue weighted by atomic mass is 16.5. The zero-order valence-corrected chi connectivity index (χ0v) is 11.9. The quantitative estimate of drug-likeness (QED) is 0.809. The van der Waals surface area contributed by atoms with Crippen molar-refractivity contribution in [2.75, 3.05) is 13.2 Å². The summed E-state index contributed by atoms with van der Waals surface area (Å²) in [6.07, 6.45) is 0.297. The van der Waals surface area contributed by atoms with E-state index in [0.717, 1.165) is 30.9 Å². The van der Waals surface area contributed by atoms with Gasteiger partial charge in [-0.2, -0.15) is 0 Å². The lowest BCUT2D eigenvalue weighted by atomic mass is 10.1. The van der Waals surface area contributed by atoms with Crippen LogP contribution in [0.2, 0.25) is 0 Å². The molecule has 1 aromatic carbocycles. The second-order valence-electron chi connectivity index (χ2n) is 5.04. The Labute approximate surface area is 115 Å². The summed E-state index contributed by atoms with van der Waals surface area (Å²) < 4.78 is 5.52. The monoisotopic (exact) mass is 258 g/mol. The molecule has 19 heavy (non-hydrogen) atoms. The van der Waals surface area contributed by atoms with E-state index >= 15 is 0 Å². The van der Waals surface area contributed by atoms with Crippen molar-refractivity contribution in [1.29, 1.82) is 0 Å². The second kappa shape index (κ2) is 6.64. The molecule has 0 spiro atoms. The summed E-state index contributed by atoms with van der Waals surface area (Å²) in [4.78, 5) is 4.55. The highest BCUT2D eigenvalue weighted by Gasteiger charge is 2.03. The molecular weight excluding hydrogens is 236 g/mol. The number of nitrogens with one attached hydrogen (secondary N) is 1. The van der Waals surface area contributed by atoms with Gasteiger partial charge in [0.25, 0.3) is 0 Å². The molecule has 0 atom stereocenters. The van der Waals surface area contributed by atoms with Crippen LogP contribution in [0.3, 0.4) is 0 Å². The third-order valence-electron chi connectivity index (χ3n) is 2.98. The fourth-order valence-corrected chi connectivity index (χ4v) is 2.13. The zero-order chi connectivity index (χ0) is 13.7. The molecule has 0 saturated carbocycles. The first-order valence-electron chi connectivity index (χ1n) is 6.84. The zero-order valence-electron chi connectivity index (χ0n) is 11.9. The highest BCUT2D eigenvalue weighted by molar-refractivity contribution is 5.82. The van der Waals surface area contributed by atoms with Gasteiger partial charge in [-0.25, -0.2) is 0 Å². The van der Waals surface area contributed by atoms with Crippen molar-refractivity contribution in [2.24, 2.45) is 0 Å². The van der Waals surface area contributed by atoms with Gasteiger partial charge in [-0.15, -0.1) is 0 Å². The van der Waals surface area contributed by atoms with Crippen LogP contribution in [-0.4, -0.2) is 24.2 Å². The van der Waals surface area contributed by atoms with Crippen molar-refractivity contribution >= 4 is 10.9 Å². The number of para-hydroxylation sites is 1. The van der Waals surface area contributed by atoms with Crippen LogP contribution in [0.4, 0.5) is 0 Å². The number of hydrogen-bond acceptors (Lipinski definition) is 3. The van der Waals surface area contributed by atoms with Crippen LogP contribution >= 0.6 is 0 Å².